The van der Waals surface area contributed by atoms with Gasteiger partial charge in [-0.15, -0.1) is 0 Å². The van der Waals surface area contributed by atoms with Crippen LogP contribution in [0.5, 0.6) is 0 Å². The molecule has 2 nitrogen and oxygen atoms in total. The van der Waals surface area contributed by atoms with E-state index in [9.17, 15) is 0 Å². The minimum Gasteiger partial charge on any atom is -0.456 e. The van der Waals surface area contributed by atoms with E-state index in [1.165, 1.54) is 95.0 Å². The summed E-state index contributed by atoms with van der Waals surface area (Å²) in [5.41, 5.74) is 15.2. The van der Waals surface area contributed by atoms with Crippen LogP contribution in [-0.2, 0) is 16.2 Å². The summed E-state index contributed by atoms with van der Waals surface area (Å²) in [4.78, 5) is 2.53. The van der Waals surface area contributed by atoms with Crippen molar-refractivity contribution < 1.29 is 4.42 Å². The van der Waals surface area contributed by atoms with E-state index < -0.39 is 0 Å². The Balaban J connectivity index is 1.13. The Bertz CT molecular complexity index is 2340. The quantitative estimate of drug-likeness (QED) is 0.189. The average molecular weight is 654 g/mol. The van der Waals surface area contributed by atoms with Crippen LogP contribution in [0.4, 0.5) is 17.1 Å². The van der Waals surface area contributed by atoms with Crippen molar-refractivity contribution in [3.05, 3.63) is 125 Å². The van der Waals surface area contributed by atoms with Gasteiger partial charge in [-0.25, -0.2) is 0 Å². The molecular weight excluding hydrogens is 607 g/mol. The summed E-state index contributed by atoms with van der Waals surface area (Å²) in [5.74, 6) is 3.43. The van der Waals surface area contributed by atoms with Crippen molar-refractivity contribution in [3.8, 4) is 11.1 Å². The monoisotopic (exact) mass is 653 g/mol. The molecule has 6 aromatic rings. The molecule has 0 atom stereocenters. The minimum absolute atomic E-state index is 0.125. The molecule has 6 aliphatic carbocycles. The number of benzene rings is 5. The van der Waals surface area contributed by atoms with E-state index in [0.29, 0.717) is 0 Å². The van der Waals surface area contributed by atoms with Crippen molar-refractivity contribution >= 4 is 39.0 Å². The molecule has 12 rings (SSSR count). The molecule has 5 aromatic carbocycles. The van der Waals surface area contributed by atoms with Crippen molar-refractivity contribution in [2.24, 2.45) is 23.7 Å². The van der Waals surface area contributed by atoms with Crippen LogP contribution in [0.3, 0.4) is 0 Å². The Labute approximate surface area is 296 Å². The topological polar surface area (TPSA) is 16.4 Å². The van der Waals surface area contributed by atoms with Gasteiger partial charge in [0, 0.05) is 33.2 Å². The Hall–Kier alpha value is -4.30. The van der Waals surface area contributed by atoms with Crippen LogP contribution in [0, 0.1) is 23.7 Å². The highest BCUT2D eigenvalue weighted by molar-refractivity contribution is 6.06. The first-order valence-electron chi connectivity index (χ1n) is 19.3. The Kier molecular flexibility index (Phi) is 5.85. The molecule has 250 valence electrons. The van der Waals surface area contributed by atoms with Gasteiger partial charge in [0.1, 0.15) is 11.2 Å². The van der Waals surface area contributed by atoms with E-state index in [1.54, 1.807) is 11.1 Å². The summed E-state index contributed by atoms with van der Waals surface area (Å²) in [6.07, 6.45) is 9.55. The standard InChI is InChI=1S/C48H47NO/c1-46(2)19-20-47(3,4)43-28-35(14-17-42(43)46)49(34-15-18-45-39(27-34)37-10-6-8-12-44(37)50-45)33-13-16-41-38(26-33)36-9-5-7-11-40(36)48(41)31-22-29-21-30(24-31)25-32(48)23-29/h5-18,26-32H,19-25H2,1-4H3. The number of fused-ring (bicyclic) bond motifs is 7. The predicted octanol–water partition coefficient (Wildman–Crippen LogP) is 13.1. The Morgan fingerprint density at radius 2 is 1.08 bits per heavy atom. The first-order valence-corrected chi connectivity index (χ1v) is 19.3. The maximum absolute atomic E-state index is 6.31. The summed E-state index contributed by atoms with van der Waals surface area (Å²) in [6, 6.07) is 39.7. The minimum atomic E-state index is 0.125. The smallest absolute Gasteiger partial charge is 0.135 e. The molecule has 0 aliphatic heterocycles. The van der Waals surface area contributed by atoms with Crippen LogP contribution >= 0.6 is 0 Å². The van der Waals surface area contributed by atoms with Gasteiger partial charge in [0.2, 0.25) is 0 Å². The lowest BCUT2D eigenvalue weighted by Crippen LogP contribution is -2.55. The van der Waals surface area contributed by atoms with Gasteiger partial charge in [-0.1, -0.05) is 82.3 Å². The lowest BCUT2D eigenvalue weighted by Gasteiger charge is -2.61. The normalized spacial score (nSPS) is 27.8. The first-order chi connectivity index (χ1) is 24.2. The molecule has 1 heterocycles. The van der Waals surface area contributed by atoms with E-state index in [0.717, 1.165) is 34.8 Å². The van der Waals surface area contributed by atoms with Crippen LogP contribution < -0.4 is 4.90 Å². The van der Waals surface area contributed by atoms with Crippen molar-refractivity contribution in [3.63, 3.8) is 0 Å². The highest BCUT2D eigenvalue weighted by Crippen LogP contribution is 2.69. The van der Waals surface area contributed by atoms with Crippen molar-refractivity contribution in [1.29, 1.82) is 0 Å². The molecular formula is C48H47NO. The van der Waals surface area contributed by atoms with Gasteiger partial charge >= 0.3 is 0 Å². The molecule has 1 aromatic heterocycles. The lowest BCUT2D eigenvalue weighted by atomic mass is 9.43. The van der Waals surface area contributed by atoms with Gasteiger partial charge < -0.3 is 9.32 Å². The van der Waals surface area contributed by atoms with E-state index in [4.69, 9.17) is 4.42 Å². The maximum atomic E-state index is 6.31. The van der Waals surface area contributed by atoms with Crippen LogP contribution in [-0.4, -0.2) is 0 Å². The van der Waals surface area contributed by atoms with Crippen LogP contribution in [0.25, 0.3) is 33.1 Å². The third-order valence-electron chi connectivity index (χ3n) is 14.5. The van der Waals surface area contributed by atoms with Crippen molar-refractivity contribution in [2.75, 3.05) is 4.90 Å². The molecule has 4 saturated carbocycles. The summed E-state index contributed by atoms with van der Waals surface area (Å²) in [7, 11) is 0. The highest BCUT2D eigenvalue weighted by Gasteiger charge is 2.61. The number of para-hydroxylation sites is 1. The molecule has 0 unspecified atom stereocenters. The zero-order valence-electron chi connectivity index (χ0n) is 29.9. The lowest BCUT2D eigenvalue weighted by molar-refractivity contribution is -0.0399. The third-order valence-corrected chi connectivity index (χ3v) is 14.5. The van der Waals surface area contributed by atoms with Gasteiger partial charge in [0.05, 0.1) is 0 Å². The number of anilines is 3. The number of nitrogens with zero attached hydrogens (tertiary/aromatic N) is 1. The molecule has 0 saturated heterocycles. The summed E-state index contributed by atoms with van der Waals surface area (Å²) >= 11 is 0. The van der Waals surface area contributed by atoms with Gasteiger partial charge in [-0.2, -0.15) is 0 Å². The molecule has 4 fully saturated rings. The molecule has 2 heteroatoms. The first kappa shape index (κ1) is 29.4. The molecule has 50 heavy (non-hydrogen) atoms. The zero-order chi connectivity index (χ0) is 33.6. The third kappa shape index (κ3) is 3.86. The molecule has 1 spiro atoms. The summed E-state index contributed by atoms with van der Waals surface area (Å²) in [5, 5.41) is 2.34. The fraction of sp³-hybridized carbons (Fsp3) is 0.375. The van der Waals surface area contributed by atoms with Gasteiger partial charge in [0.15, 0.2) is 0 Å². The van der Waals surface area contributed by atoms with Gasteiger partial charge in [0.25, 0.3) is 0 Å². The second-order valence-electron chi connectivity index (χ2n) is 18.1. The summed E-state index contributed by atoms with van der Waals surface area (Å²) < 4.78 is 6.31. The Morgan fingerprint density at radius 3 is 1.86 bits per heavy atom. The van der Waals surface area contributed by atoms with Crippen LogP contribution in [0.2, 0.25) is 0 Å². The highest BCUT2D eigenvalue weighted by atomic mass is 16.3. The summed E-state index contributed by atoms with van der Waals surface area (Å²) in [6.45, 7) is 9.73. The maximum Gasteiger partial charge on any atom is 0.135 e. The second kappa shape index (κ2) is 9.93. The second-order valence-corrected chi connectivity index (χ2v) is 18.1. The number of hydrogen-bond acceptors (Lipinski definition) is 2. The van der Waals surface area contributed by atoms with E-state index in [1.807, 2.05) is 0 Å². The molecule has 0 amide bonds. The van der Waals surface area contributed by atoms with E-state index >= 15 is 0 Å². The molecule has 0 radical (unpaired) electrons. The molecule has 0 N–H and O–H groups in total. The number of furan rings is 1. The van der Waals surface area contributed by atoms with E-state index in [2.05, 4.69) is 136 Å². The van der Waals surface area contributed by atoms with Crippen LogP contribution in [0.15, 0.2) is 108 Å². The SMILES string of the molecule is CC1(C)CCC(C)(C)c2cc(N(c3ccc4c(c3)-c3ccccc3C43C4CC5CC(C4)CC3C5)c3ccc4oc5ccccc5c4c3)ccc21. The molecule has 6 aliphatic rings. The fourth-order valence-corrected chi connectivity index (χ4v) is 12.3. The number of hydrogen-bond donors (Lipinski definition) is 0. The van der Waals surface area contributed by atoms with Gasteiger partial charge in [-0.3, -0.25) is 0 Å². The Morgan fingerprint density at radius 1 is 0.500 bits per heavy atom. The van der Waals surface area contributed by atoms with Crippen molar-refractivity contribution in [1.82, 2.24) is 0 Å². The largest absolute Gasteiger partial charge is 0.456 e. The van der Waals surface area contributed by atoms with E-state index in [-0.39, 0.29) is 16.2 Å². The zero-order valence-corrected chi connectivity index (χ0v) is 29.9. The van der Waals surface area contributed by atoms with Gasteiger partial charge in [-0.05, 0) is 161 Å². The number of rotatable bonds is 3. The fourth-order valence-electron chi connectivity index (χ4n) is 12.3. The van der Waals surface area contributed by atoms with Crippen LogP contribution in [0.1, 0.15) is 94.9 Å². The predicted molar refractivity (Wildman–Crippen MR) is 207 cm³/mol. The average Bonchev–Trinajstić information content (AvgIpc) is 3.63. The molecule has 4 bridgehead atoms. The van der Waals surface area contributed by atoms with Crippen molar-refractivity contribution in [2.45, 2.75) is 88.9 Å².